The first-order valence-corrected chi connectivity index (χ1v) is 10.7. The summed E-state index contributed by atoms with van der Waals surface area (Å²) < 4.78 is 5.47. The number of furan rings is 1. The van der Waals surface area contributed by atoms with E-state index in [2.05, 4.69) is 16.4 Å². The summed E-state index contributed by atoms with van der Waals surface area (Å²) in [5.74, 6) is 0.693. The maximum atomic E-state index is 13.1. The van der Waals surface area contributed by atoms with Crippen molar-refractivity contribution in [3.05, 3.63) is 69.4 Å². The lowest BCUT2D eigenvalue weighted by molar-refractivity contribution is 0.179. The molecule has 0 atom stereocenters. The van der Waals surface area contributed by atoms with Crippen LogP contribution in [-0.2, 0) is 13.1 Å². The first kappa shape index (κ1) is 20.3. The minimum Gasteiger partial charge on any atom is -0.467 e. The van der Waals surface area contributed by atoms with Gasteiger partial charge in [0.25, 0.3) is 5.56 Å². The number of aromatic amines is 1. The van der Waals surface area contributed by atoms with Gasteiger partial charge in [0.15, 0.2) is 0 Å². The number of nitrogens with one attached hydrogen (secondary N) is 2. The molecule has 1 aliphatic carbocycles. The highest BCUT2D eigenvalue weighted by atomic mass is 16.3. The second-order valence-electron chi connectivity index (χ2n) is 8.33. The van der Waals surface area contributed by atoms with E-state index >= 15 is 0 Å². The number of rotatable bonds is 5. The van der Waals surface area contributed by atoms with Crippen molar-refractivity contribution in [1.29, 1.82) is 0 Å². The Labute approximate surface area is 176 Å². The molecule has 0 spiro atoms. The van der Waals surface area contributed by atoms with E-state index in [4.69, 9.17) is 4.42 Å². The number of hydrogen-bond donors (Lipinski definition) is 2. The lowest BCUT2D eigenvalue weighted by Crippen LogP contribution is -2.45. The van der Waals surface area contributed by atoms with Crippen molar-refractivity contribution in [1.82, 2.24) is 15.2 Å². The molecular formula is C24H29N3O3. The van der Waals surface area contributed by atoms with Gasteiger partial charge in [0.2, 0.25) is 0 Å². The molecule has 1 aliphatic rings. The Morgan fingerprint density at radius 1 is 1.13 bits per heavy atom. The van der Waals surface area contributed by atoms with Gasteiger partial charge in [-0.3, -0.25) is 4.79 Å². The van der Waals surface area contributed by atoms with Crippen LogP contribution in [-0.4, -0.2) is 22.0 Å². The van der Waals surface area contributed by atoms with Gasteiger partial charge in [-0.1, -0.05) is 31.4 Å². The van der Waals surface area contributed by atoms with Crippen molar-refractivity contribution in [2.24, 2.45) is 0 Å². The topological polar surface area (TPSA) is 78.3 Å². The summed E-state index contributed by atoms with van der Waals surface area (Å²) in [7, 11) is 0. The third-order valence-electron chi connectivity index (χ3n) is 6.03. The Bertz CT molecular complexity index is 1080. The van der Waals surface area contributed by atoms with E-state index in [9.17, 15) is 9.59 Å². The molecule has 0 bridgehead atoms. The summed E-state index contributed by atoms with van der Waals surface area (Å²) in [6, 6.07) is 9.67. The second-order valence-corrected chi connectivity index (χ2v) is 8.33. The van der Waals surface area contributed by atoms with Gasteiger partial charge in [0.1, 0.15) is 5.76 Å². The Kier molecular flexibility index (Phi) is 5.93. The Balaban J connectivity index is 1.62. The van der Waals surface area contributed by atoms with Crippen molar-refractivity contribution >= 4 is 16.9 Å². The molecule has 158 valence electrons. The molecule has 0 radical (unpaired) electrons. The van der Waals surface area contributed by atoms with Gasteiger partial charge in [-0.15, -0.1) is 0 Å². The molecule has 1 saturated carbocycles. The molecule has 3 aromatic rings. The highest BCUT2D eigenvalue weighted by molar-refractivity contribution is 5.85. The number of carbonyl (C=O) groups excluding carboxylic acids is 1. The smallest absolute Gasteiger partial charge is 0.318 e. The van der Waals surface area contributed by atoms with Gasteiger partial charge in [-0.25, -0.2) is 4.79 Å². The van der Waals surface area contributed by atoms with Gasteiger partial charge in [0, 0.05) is 17.0 Å². The second kappa shape index (κ2) is 8.78. The van der Waals surface area contributed by atoms with Crippen LogP contribution in [0, 0.1) is 13.8 Å². The fourth-order valence-corrected chi connectivity index (χ4v) is 4.24. The van der Waals surface area contributed by atoms with E-state index in [0.717, 1.165) is 47.7 Å². The van der Waals surface area contributed by atoms with Crippen molar-refractivity contribution in [3.8, 4) is 0 Å². The standard InChI is InChI=1S/C24H29N3O3/c1-16-10-11-17(2)22-21(16)13-18(23(28)26-22)14-27(15-20-9-6-12-30-20)24(29)25-19-7-4-3-5-8-19/h6,9-13,19H,3-5,7-8,14-15H2,1-2H3,(H,25,29)(H,26,28). The van der Waals surface area contributed by atoms with Crippen molar-refractivity contribution in [3.63, 3.8) is 0 Å². The predicted octanol–water partition coefficient (Wildman–Crippen LogP) is 4.78. The minimum atomic E-state index is -0.161. The van der Waals surface area contributed by atoms with E-state index < -0.39 is 0 Å². The van der Waals surface area contributed by atoms with E-state index in [0.29, 0.717) is 17.9 Å². The monoisotopic (exact) mass is 407 g/mol. The molecule has 1 aromatic carbocycles. The zero-order valence-corrected chi connectivity index (χ0v) is 17.7. The largest absolute Gasteiger partial charge is 0.467 e. The van der Waals surface area contributed by atoms with E-state index in [-0.39, 0.29) is 24.2 Å². The van der Waals surface area contributed by atoms with E-state index in [1.807, 2.05) is 38.1 Å². The fourth-order valence-electron chi connectivity index (χ4n) is 4.24. The van der Waals surface area contributed by atoms with Crippen LogP contribution < -0.4 is 10.9 Å². The molecule has 2 heterocycles. The van der Waals surface area contributed by atoms with Crippen LogP contribution in [0.5, 0.6) is 0 Å². The molecule has 1 fully saturated rings. The number of nitrogens with zero attached hydrogens (tertiary/aromatic N) is 1. The molecule has 6 nitrogen and oxygen atoms in total. The third kappa shape index (κ3) is 4.42. The average molecular weight is 408 g/mol. The normalized spacial score (nSPS) is 14.7. The molecule has 2 N–H and O–H groups in total. The maximum absolute atomic E-state index is 13.1. The molecule has 0 aliphatic heterocycles. The van der Waals surface area contributed by atoms with Gasteiger partial charge in [0.05, 0.1) is 24.9 Å². The molecule has 4 rings (SSSR count). The summed E-state index contributed by atoms with van der Waals surface area (Å²) in [6.07, 6.45) is 7.14. The summed E-state index contributed by atoms with van der Waals surface area (Å²) in [6.45, 7) is 4.55. The molecule has 30 heavy (non-hydrogen) atoms. The van der Waals surface area contributed by atoms with Gasteiger partial charge < -0.3 is 19.6 Å². The van der Waals surface area contributed by atoms with Crippen LogP contribution >= 0.6 is 0 Å². The number of carbonyl (C=O) groups is 1. The number of amides is 2. The number of aryl methyl sites for hydroxylation is 2. The number of pyridine rings is 1. The van der Waals surface area contributed by atoms with Crippen molar-refractivity contribution < 1.29 is 9.21 Å². The third-order valence-corrected chi connectivity index (χ3v) is 6.03. The quantitative estimate of drug-likeness (QED) is 0.639. The predicted molar refractivity (Wildman–Crippen MR) is 117 cm³/mol. The Morgan fingerprint density at radius 3 is 2.63 bits per heavy atom. The summed E-state index contributed by atoms with van der Waals surface area (Å²) in [4.78, 5) is 30.6. The highest BCUT2D eigenvalue weighted by Gasteiger charge is 2.22. The maximum Gasteiger partial charge on any atom is 0.318 e. The van der Waals surface area contributed by atoms with Crippen LogP contribution in [0.1, 0.15) is 54.6 Å². The molecule has 0 unspecified atom stereocenters. The summed E-state index contributed by atoms with van der Waals surface area (Å²) in [5.41, 5.74) is 3.39. The molecule has 0 saturated heterocycles. The van der Waals surface area contributed by atoms with Gasteiger partial charge in [-0.05, 0) is 56.0 Å². The minimum absolute atomic E-state index is 0.154. The van der Waals surface area contributed by atoms with Gasteiger partial charge >= 0.3 is 6.03 Å². The first-order chi connectivity index (χ1) is 14.5. The number of H-pyrrole nitrogens is 1. The number of hydrogen-bond acceptors (Lipinski definition) is 3. The van der Waals surface area contributed by atoms with Crippen molar-refractivity contribution in [2.75, 3.05) is 0 Å². The summed E-state index contributed by atoms with van der Waals surface area (Å²) in [5, 5.41) is 4.17. The lowest BCUT2D eigenvalue weighted by Gasteiger charge is -2.28. The highest BCUT2D eigenvalue weighted by Crippen LogP contribution is 2.21. The molecule has 6 heteroatoms. The zero-order chi connectivity index (χ0) is 21.1. The van der Waals surface area contributed by atoms with E-state index in [1.54, 1.807) is 11.2 Å². The zero-order valence-electron chi connectivity index (χ0n) is 17.7. The van der Waals surface area contributed by atoms with Gasteiger partial charge in [-0.2, -0.15) is 0 Å². The molecule has 2 amide bonds. The Hall–Kier alpha value is -3.02. The molecular weight excluding hydrogens is 378 g/mol. The van der Waals surface area contributed by atoms with Crippen LogP contribution in [0.3, 0.4) is 0 Å². The average Bonchev–Trinajstić information content (AvgIpc) is 3.25. The number of aromatic nitrogens is 1. The van der Waals surface area contributed by atoms with Crippen LogP contribution in [0.25, 0.3) is 10.9 Å². The van der Waals surface area contributed by atoms with Crippen LogP contribution in [0.4, 0.5) is 4.79 Å². The number of benzene rings is 1. The number of fused-ring (bicyclic) bond motifs is 1. The summed E-state index contributed by atoms with van der Waals surface area (Å²) >= 11 is 0. The SMILES string of the molecule is Cc1ccc(C)c2[nH]c(=O)c(CN(Cc3ccco3)C(=O)NC3CCCCC3)cc12. The Morgan fingerprint density at radius 2 is 1.90 bits per heavy atom. The fraction of sp³-hybridized carbons (Fsp3) is 0.417. The van der Waals surface area contributed by atoms with Crippen molar-refractivity contribution in [2.45, 2.75) is 65.1 Å². The first-order valence-electron chi connectivity index (χ1n) is 10.7. The van der Waals surface area contributed by atoms with Crippen LogP contribution in [0.2, 0.25) is 0 Å². The molecule has 2 aromatic heterocycles. The van der Waals surface area contributed by atoms with Crippen LogP contribution in [0.15, 0.2) is 45.8 Å². The van der Waals surface area contributed by atoms with E-state index in [1.165, 1.54) is 6.42 Å². The lowest BCUT2D eigenvalue weighted by atomic mass is 9.96. The number of urea groups is 1.